The van der Waals surface area contributed by atoms with Gasteiger partial charge in [0.15, 0.2) is 12.3 Å². The van der Waals surface area contributed by atoms with Crippen molar-refractivity contribution in [2.24, 2.45) is 23.7 Å². The van der Waals surface area contributed by atoms with Gasteiger partial charge in [-0.1, -0.05) is 12.1 Å². The van der Waals surface area contributed by atoms with Crippen LogP contribution in [0.25, 0.3) is 0 Å². The first-order valence-electron chi connectivity index (χ1n) is 9.33. The number of hydrogen-bond donors (Lipinski definition) is 0. The largest absolute Gasteiger partial charge is 0.329 e. The van der Waals surface area contributed by atoms with Crippen LogP contribution in [-0.2, 0) is 43.1 Å². The number of hydroxylamine groups is 2. The van der Waals surface area contributed by atoms with E-state index in [9.17, 15) is 36.1 Å². The van der Waals surface area contributed by atoms with E-state index in [1.807, 2.05) is 0 Å². The third-order valence-electron chi connectivity index (χ3n) is 5.73. The van der Waals surface area contributed by atoms with Crippen LogP contribution >= 0.6 is 22.7 Å². The van der Waals surface area contributed by atoms with Crippen molar-refractivity contribution in [3.63, 3.8) is 0 Å². The van der Waals surface area contributed by atoms with Gasteiger partial charge in [-0.3, -0.25) is 14.4 Å². The summed E-state index contributed by atoms with van der Waals surface area (Å²) in [7, 11) is -8.86. The van der Waals surface area contributed by atoms with E-state index < -0.39 is 74.3 Å². The highest BCUT2D eigenvalue weighted by molar-refractivity contribution is 7.89. The van der Waals surface area contributed by atoms with E-state index in [0.717, 1.165) is 22.7 Å². The summed E-state index contributed by atoms with van der Waals surface area (Å²) in [6.45, 7) is -0.452. The minimum atomic E-state index is -4.49. The molecule has 3 fully saturated rings. The molecule has 0 aromatic carbocycles. The van der Waals surface area contributed by atoms with E-state index >= 15 is 0 Å². The van der Waals surface area contributed by atoms with Crippen LogP contribution in [0.4, 0.5) is 0 Å². The molecular weight excluding hydrogens is 520 g/mol. The highest BCUT2D eigenvalue weighted by Crippen LogP contribution is 2.50. The molecule has 2 aromatic heterocycles. The fourth-order valence-corrected chi connectivity index (χ4v) is 8.27. The Kier molecular flexibility index (Phi) is 5.15. The van der Waals surface area contributed by atoms with Crippen LogP contribution in [0.2, 0.25) is 0 Å². The first-order chi connectivity index (χ1) is 15.5. The molecule has 2 saturated heterocycles. The molecule has 2 aromatic rings. The monoisotopic (exact) mass is 533 g/mol. The predicted octanol–water partition coefficient (Wildman–Crippen LogP) is 0.370. The third-order valence-corrected chi connectivity index (χ3v) is 10.9. The Bertz CT molecular complexity index is 1380. The zero-order chi connectivity index (χ0) is 23.7. The number of hydrogen-bond acceptors (Lipinski definition) is 12. The van der Waals surface area contributed by atoms with Crippen LogP contribution in [0.1, 0.15) is 0 Å². The molecule has 16 heteroatoms. The second kappa shape index (κ2) is 7.57. The van der Waals surface area contributed by atoms with Gasteiger partial charge in [-0.25, -0.2) is 0 Å². The molecule has 0 radical (unpaired) electrons. The van der Waals surface area contributed by atoms with Crippen molar-refractivity contribution in [3.05, 3.63) is 39.9 Å². The highest BCUT2D eigenvalue weighted by Gasteiger charge is 2.73. The zero-order valence-electron chi connectivity index (χ0n) is 16.2. The Hall–Kier alpha value is -2.37. The predicted molar refractivity (Wildman–Crippen MR) is 108 cm³/mol. The van der Waals surface area contributed by atoms with Crippen molar-refractivity contribution in [1.82, 2.24) is 5.06 Å². The zero-order valence-corrected chi connectivity index (χ0v) is 19.4. The first-order valence-corrected chi connectivity index (χ1v) is 13.9. The van der Waals surface area contributed by atoms with Crippen molar-refractivity contribution >= 4 is 60.5 Å². The van der Waals surface area contributed by atoms with Gasteiger partial charge in [-0.05, 0) is 22.9 Å². The molecule has 174 valence electrons. The van der Waals surface area contributed by atoms with Crippen LogP contribution in [0.15, 0.2) is 43.4 Å². The summed E-state index contributed by atoms with van der Waals surface area (Å²) in [4.78, 5) is 51.2. The summed E-state index contributed by atoms with van der Waals surface area (Å²) in [5.41, 5.74) is 0. The molecule has 0 N–H and O–H groups in total. The summed E-state index contributed by atoms with van der Waals surface area (Å²) < 4.78 is 59.3. The average Bonchev–Trinajstić information content (AvgIpc) is 3.54. The van der Waals surface area contributed by atoms with Crippen molar-refractivity contribution in [3.8, 4) is 0 Å². The van der Waals surface area contributed by atoms with Crippen LogP contribution in [0.5, 0.6) is 0 Å². The molecular formula is C17H13N2O10S4+. The lowest BCUT2D eigenvalue weighted by Gasteiger charge is -2.16. The number of imide groups is 1. The summed E-state index contributed by atoms with van der Waals surface area (Å²) in [6, 6.07) is 5.39. The highest BCUT2D eigenvalue weighted by atomic mass is 32.3. The molecule has 12 nitrogen and oxygen atoms in total. The normalized spacial score (nSPS) is 29.7. The molecule has 2 amide bonds. The quantitative estimate of drug-likeness (QED) is 0.219. The number of fused-ring (bicyclic) bond motifs is 3. The fraction of sp³-hybridized carbons (Fsp3) is 0.353. The van der Waals surface area contributed by atoms with Crippen LogP contribution in [0, 0.1) is 28.6 Å². The summed E-state index contributed by atoms with van der Waals surface area (Å²) in [5, 5.41) is 2.99. The molecule has 0 bridgehead atoms. The van der Waals surface area contributed by atoms with Crippen LogP contribution in [0.3, 0.4) is 0 Å². The SMILES string of the molecule is O=C1C2C(=O)N(OS(=O)(=O)c3cccs3)C(=O)C2C2C[N+](=O)C(OS(=O)(=O)c3cccs3)C12. The number of carbonyl (C=O) groups is 3. The lowest BCUT2D eigenvalue weighted by atomic mass is 9.90. The summed E-state index contributed by atoms with van der Waals surface area (Å²) in [6.07, 6.45) is -1.75. The molecule has 0 spiro atoms. The lowest BCUT2D eigenvalue weighted by molar-refractivity contribution is -0.603. The molecule has 1 aliphatic carbocycles. The van der Waals surface area contributed by atoms with Gasteiger partial charge in [0.25, 0.3) is 11.8 Å². The first kappa shape index (κ1) is 22.4. The van der Waals surface area contributed by atoms with Gasteiger partial charge in [0, 0.05) is 9.67 Å². The van der Waals surface area contributed by atoms with E-state index in [2.05, 4.69) is 0 Å². The Morgan fingerprint density at radius 2 is 1.52 bits per heavy atom. The molecule has 5 rings (SSSR count). The van der Waals surface area contributed by atoms with Gasteiger partial charge in [-0.15, -0.1) is 32.0 Å². The number of Topliss-reactive ketones (excluding diaryl/α,β-unsaturated/α-hetero) is 1. The number of nitrogens with zero attached hydrogens (tertiary/aromatic N) is 2. The van der Waals surface area contributed by atoms with Gasteiger partial charge in [0.05, 0.1) is 11.8 Å². The van der Waals surface area contributed by atoms with E-state index in [1.165, 1.54) is 35.0 Å². The van der Waals surface area contributed by atoms with E-state index in [1.54, 1.807) is 0 Å². The summed E-state index contributed by atoms with van der Waals surface area (Å²) >= 11 is 1.66. The number of amides is 2. The lowest BCUT2D eigenvalue weighted by Crippen LogP contribution is -2.39. The fourth-order valence-electron chi connectivity index (χ4n) is 4.41. The Morgan fingerprint density at radius 3 is 2.09 bits per heavy atom. The van der Waals surface area contributed by atoms with Gasteiger partial charge >= 0.3 is 26.5 Å². The number of carbonyl (C=O) groups excluding carboxylic acids is 3. The number of thiophene rings is 2. The maximum atomic E-state index is 13.1. The number of ketones is 1. The van der Waals surface area contributed by atoms with Crippen molar-refractivity contribution in [2.75, 3.05) is 6.54 Å². The van der Waals surface area contributed by atoms with Gasteiger partial charge < -0.3 is 0 Å². The molecule has 33 heavy (non-hydrogen) atoms. The summed E-state index contributed by atoms with van der Waals surface area (Å²) in [5.74, 6) is -8.47. The minimum absolute atomic E-state index is 0.0459. The van der Waals surface area contributed by atoms with Crippen LogP contribution in [-0.4, -0.2) is 57.0 Å². The van der Waals surface area contributed by atoms with Crippen LogP contribution < -0.4 is 0 Å². The second-order valence-corrected chi connectivity index (χ2v) is 12.9. The molecule has 5 atom stereocenters. The topological polar surface area (TPSA) is 161 Å². The average molecular weight is 534 g/mol. The van der Waals surface area contributed by atoms with E-state index in [0.29, 0.717) is 0 Å². The molecule has 2 aliphatic heterocycles. The maximum absolute atomic E-state index is 13.1. The Balaban J connectivity index is 1.41. The molecule has 1 saturated carbocycles. The molecule has 5 unspecified atom stereocenters. The molecule has 4 heterocycles. The smallest absolute Gasteiger partial charge is 0.298 e. The van der Waals surface area contributed by atoms with Gasteiger partial charge in [-0.2, -0.15) is 21.0 Å². The number of nitroso groups, excluding NO2 is 1. The van der Waals surface area contributed by atoms with Crippen molar-refractivity contribution < 1.29 is 44.4 Å². The van der Waals surface area contributed by atoms with E-state index in [-0.39, 0.29) is 18.2 Å². The van der Waals surface area contributed by atoms with Crippen molar-refractivity contribution in [2.45, 2.75) is 14.6 Å². The molecule has 3 aliphatic rings. The van der Waals surface area contributed by atoms with E-state index in [4.69, 9.17) is 8.47 Å². The van der Waals surface area contributed by atoms with Crippen molar-refractivity contribution in [1.29, 1.82) is 0 Å². The second-order valence-electron chi connectivity index (χ2n) is 7.50. The van der Waals surface area contributed by atoms with Gasteiger partial charge in [0.1, 0.15) is 20.3 Å². The number of rotatable bonds is 6. The minimum Gasteiger partial charge on any atom is -0.298 e. The van der Waals surface area contributed by atoms with Gasteiger partial charge in [0.2, 0.25) is 0 Å². The standard InChI is InChI=1S/C17H13N2O10S4/c20-14-12-8(7-18(23)17(12)28-32(24,25)9-3-1-5-30-9)11-13(14)16(22)19(15(11)21)29-33(26,27)10-4-2-6-31-10/h1-6,8,11-13,17H,7H2/q+1. The Morgan fingerprint density at radius 1 is 0.909 bits per heavy atom. The third kappa shape index (κ3) is 3.39. The Labute approximate surface area is 194 Å². The maximum Gasteiger partial charge on any atom is 0.329 e.